The summed E-state index contributed by atoms with van der Waals surface area (Å²) in [5.74, 6) is 0. The van der Waals surface area contributed by atoms with Crippen LogP contribution in [0.3, 0.4) is 0 Å². The van der Waals surface area contributed by atoms with Crippen molar-refractivity contribution in [2.45, 2.75) is 26.0 Å². The van der Waals surface area contributed by atoms with Crippen molar-refractivity contribution in [1.82, 2.24) is 25.2 Å². The van der Waals surface area contributed by atoms with Gasteiger partial charge in [0.15, 0.2) is 5.65 Å². The number of aliphatic hydroxyl groups is 1. The molecule has 2 rings (SSSR count). The van der Waals surface area contributed by atoms with Crippen LogP contribution in [0.4, 0.5) is 4.79 Å². The van der Waals surface area contributed by atoms with E-state index in [-0.39, 0.29) is 6.03 Å². The predicted octanol–water partition coefficient (Wildman–Crippen LogP) is 0.299. The Labute approximate surface area is 110 Å². The predicted molar refractivity (Wildman–Crippen MR) is 69.5 cm³/mol. The molecule has 0 saturated carbocycles. The first-order valence-electron chi connectivity index (χ1n) is 6.14. The van der Waals surface area contributed by atoms with Crippen molar-refractivity contribution >= 4 is 11.7 Å². The van der Waals surface area contributed by atoms with E-state index >= 15 is 0 Å². The standard InChI is InChI=1S/C12H17N5O2/c1-9(18)2-5-14-12(19)15-8-10-3-6-13-11-4-7-16-17(10)11/h3-4,6-7,9,18H,2,5,8H2,1H3,(H2,14,15,19). The molecule has 0 aliphatic carbocycles. The van der Waals surface area contributed by atoms with Crippen LogP contribution in [0, 0.1) is 0 Å². The number of hydrogen-bond donors (Lipinski definition) is 3. The second-order valence-corrected chi connectivity index (χ2v) is 4.28. The van der Waals surface area contributed by atoms with Gasteiger partial charge in [-0.2, -0.15) is 5.10 Å². The van der Waals surface area contributed by atoms with Crippen molar-refractivity contribution in [2.75, 3.05) is 6.54 Å². The lowest BCUT2D eigenvalue weighted by molar-refractivity contribution is 0.183. The summed E-state index contributed by atoms with van der Waals surface area (Å²) in [4.78, 5) is 15.7. The summed E-state index contributed by atoms with van der Waals surface area (Å²) in [5.41, 5.74) is 1.59. The third-order valence-electron chi connectivity index (χ3n) is 2.65. The van der Waals surface area contributed by atoms with E-state index in [0.29, 0.717) is 19.5 Å². The fraction of sp³-hybridized carbons (Fsp3) is 0.417. The van der Waals surface area contributed by atoms with Crippen LogP contribution >= 0.6 is 0 Å². The molecule has 1 unspecified atom stereocenters. The van der Waals surface area contributed by atoms with Crippen molar-refractivity contribution in [2.24, 2.45) is 0 Å². The van der Waals surface area contributed by atoms with Crippen LogP contribution < -0.4 is 10.6 Å². The highest BCUT2D eigenvalue weighted by atomic mass is 16.3. The zero-order chi connectivity index (χ0) is 13.7. The zero-order valence-electron chi connectivity index (χ0n) is 10.7. The molecule has 7 heteroatoms. The Morgan fingerprint density at radius 2 is 2.26 bits per heavy atom. The molecule has 3 N–H and O–H groups in total. The summed E-state index contributed by atoms with van der Waals surface area (Å²) in [6.45, 7) is 2.49. The summed E-state index contributed by atoms with van der Waals surface area (Å²) >= 11 is 0. The molecule has 0 aliphatic rings. The largest absolute Gasteiger partial charge is 0.393 e. The molecule has 2 amide bonds. The van der Waals surface area contributed by atoms with Gasteiger partial charge in [0.25, 0.3) is 0 Å². The molecular formula is C12H17N5O2. The number of carbonyl (C=O) groups excluding carboxylic acids is 1. The average molecular weight is 263 g/mol. The lowest BCUT2D eigenvalue weighted by Gasteiger charge is -2.09. The van der Waals surface area contributed by atoms with Crippen molar-refractivity contribution in [1.29, 1.82) is 0 Å². The van der Waals surface area contributed by atoms with Crippen molar-refractivity contribution in [3.8, 4) is 0 Å². The minimum Gasteiger partial charge on any atom is -0.393 e. The molecule has 1 atom stereocenters. The monoisotopic (exact) mass is 263 g/mol. The summed E-state index contributed by atoms with van der Waals surface area (Å²) in [6, 6.07) is 3.33. The van der Waals surface area contributed by atoms with Gasteiger partial charge in [-0.3, -0.25) is 0 Å². The van der Waals surface area contributed by atoms with Gasteiger partial charge in [0.05, 0.1) is 24.5 Å². The van der Waals surface area contributed by atoms with E-state index in [1.54, 1.807) is 36.0 Å². The lowest BCUT2D eigenvalue weighted by atomic mass is 10.3. The van der Waals surface area contributed by atoms with Gasteiger partial charge < -0.3 is 15.7 Å². The number of hydrogen-bond acceptors (Lipinski definition) is 4. The number of fused-ring (bicyclic) bond motifs is 1. The Balaban J connectivity index is 1.85. The molecule has 7 nitrogen and oxygen atoms in total. The first-order valence-corrected chi connectivity index (χ1v) is 6.14. The van der Waals surface area contributed by atoms with Gasteiger partial charge in [-0.25, -0.2) is 14.3 Å². The van der Waals surface area contributed by atoms with Crippen LogP contribution in [0.2, 0.25) is 0 Å². The summed E-state index contributed by atoms with van der Waals surface area (Å²) < 4.78 is 1.68. The number of urea groups is 1. The van der Waals surface area contributed by atoms with Crippen LogP contribution in [0.5, 0.6) is 0 Å². The zero-order valence-corrected chi connectivity index (χ0v) is 10.7. The minimum atomic E-state index is -0.413. The Morgan fingerprint density at radius 1 is 1.42 bits per heavy atom. The van der Waals surface area contributed by atoms with Gasteiger partial charge >= 0.3 is 6.03 Å². The number of amides is 2. The van der Waals surface area contributed by atoms with E-state index in [1.807, 2.05) is 0 Å². The van der Waals surface area contributed by atoms with Crippen LogP contribution in [0.1, 0.15) is 19.0 Å². The van der Waals surface area contributed by atoms with Gasteiger partial charge in [-0.05, 0) is 19.4 Å². The molecule has 19 heavy (non-hydrogen) atoms. The number of carbonyl (C=O) groups is 1. The highest BCUT2D eigenvalue weighted by Gasteiger charge is 2.05. The molecule has 0 aliphatic heterocycles. The first kappa shape index (κ1) is 13.3. The fourth-order valence-electron chi connectivity index (χ4n) is 1.65. The molecule has 0 bridgehead atoms. The SMILES string of the molecule is CC(O)CCNC(=O)NCc1ccnc2ccnn12. The quantitative estimate of drug-likeness (QED) is 0.723. The number of aromatic nitrogens is 3. The Hall–Kier alpha value is -2.15. The van der Waals surface area contributed by atoms with Crippen molar-refractivity contribution < 1.29 is 9.90 Å². The highest BCUT2D eigenvalue weighted by Crippen LogP contribution is 2.02. The Kier molecular flexibility index (Phi) is 4.30. The topological polar surface area (TPSA) is 91.5 Å². The maximum Gasteiger partial charge on any atom is 0.315 e. The van der Waals surface area contributed by atoms with Gasteiger partial charge in [-0.1, -0.05) is 0 Å². The van der Waals surface area contributed by atoms with E-state index in [2.05, 4.69) is 20.7 Å². The molecule has 0 aromatic carbocycles. The highest BCUT2D eigenvalue weighted by molar-refractivity contribution is 5.73. The van der Waals surface area contributed by atoms with Gasteiger partial charge in [0.1, 0.15) is 0 Å². The number of rotatable bonds is 5. The molecule has 2 aromatic rings. The van der Waals surface area contributed by atoms with E-state index in [4.69, 9.17) is 5.11 Å². The van der Waals surface area contributed by atoms with E-state index in [9.17, 15) is 4.79 Å². The average Bonchev–Trinajstić information content (AvgIpc) is 2.84. The van der Waals surface area contributed by atoms with Crippen LogP contribution in [0.25, 0.3) is 5.65 Å². The third-order valence-corrected chi connectivity index (χ3v) is 2.65. The smallest absolute Gasteiger partial charge is 0.315 e. The molecule has 0 radical (unpaired) electrons. The van der Waals surface area contributed by atoms with Gasteiger partial charge in [0.2, 0.25) is 0 Å². The molecular weight excluding hydrogens is 246 g/mol. The van der Waals surface area contributed by atoms with Gasteiger partial charge in [-0.15, -0.1) is 0 Å². The van der Waals surface area contributed by atoms with Crippen LogP contribution in [0.15, 0.2) is 24.5 Å². The van der Waals surface area contributed by atoms with Crippen LogP contribution in [-0.2, 0) is 6.54 Å². The summed E-state index contributed by atoms with van der Waals surface area (Å²) in [7, 11) is 0. The van der Waals surface area contributed by atoms with Crippen molar-refractivity contribution in [3.05, 3.63) is 30.2 Å². The molecule has 2 aromatic heterocycles. The minimum absolute atomic E-state index is 0.266. The lowest BCUT2D eigenvalue weighted by Crippen LogP contribution is -2.36. The maximum absolute atomic E-state index is 11.5. The normalized spacial score (nSPS) is 12.3. The van der Waals surface area contributed by atoms with Crippen LogP contribution in [-0.4, -0.2) is 38.4 Å². The first-order chi connectivity index (χ1) is 9.16. The van der Waals surface area contributed by atoms with Crippen molar-refractivity contribution in [3.63, 3.8) is 0 Å². The second kappa shape index (κ2) is 6.14. The summed E-state index contributed by atoms with van der Waals surface area (Å²) in [6.07, 6.45) is 3.46. The molecule has 2 heterocycles. The molecule has 102 valence electrons. The Bertz CT molecular complexity index is 552. The molecule has 0 spiro atoms. The molecule has 0 fully saturated rings. The maximum atomic E-state index is 11.5. The molecule has 0 saturated heterocycles. The fourth-order valence-corrected chi connectivity index (χ4v) is 1.65. The van der Waals surface area contributed by atoms with E-state index < -0.39 is 6.10 Å². The second-order valence-electron chi connectivity index (χ2n) is 4.28. The number of nitrogens with zero attached hydrogens (tertiary/aromatic N) is 3. The third kappa shape index (κ3) is 3.65. The van der Waals surface area contributed by atoms with E-state index in [0.717, 1.165) is 11.3 Å². The van der Waals surface area contributed by atoms with Gasteiger partial charge in [0, 0.05) is 18.8 Å². The number of nitrogens with one attached hydrogen (secondary N) is 2. The summed E-state index contributed by atoms with van der Waals surface area (Å²) in [5, 5.41) is 18.6. The Morgan fingerprint density at radius 3 is 3.05 bits per heavy atom. The number of aliphatic hydroxyl groups excluding tert-OH is 1. The van der Waals surface area contributed by atoms with E-state index in [1.165, 1.54) is 0 Å².